The summed E-state index contributed by atoms with van der Waals surface area (Å²) in [5.41, 5.74) is 0. The van der Waals surface area contributed by atoms with Gasteiger partial charge in [-0.05, 0) is 30.3 Å². The number of fused-ring (bicyclic) bond motifs is 1. The number of nitrogens with two attached hydrogens (primary N) is 1. The van der Waals surface area contributed by atoms with Crippen molar-refractivity contribution in [3.05, 3.63) is 52.3 Å². The molecule has 0 aliphatic carbocycles. The zero-order chi connectivity index (χ0) is 23.2. The van der Waals surface area contributed by atoms with Gasteiger partial charge in [-0.15, -0.1) is 11.3 Å². The summed E-state index contributed by atoms with van der Waals surface area (Å²) in [6.07, 6.45) is -1.13. The fourth-order valence-corrected chi connectivity index (χ4v) is 7.35. The van der Waals surface area contributed by atoms with Crippen LogP contribution >= 0.6 is 42.1 Å². The molecule has 2 aromatic carbocycles. The van der Waals surface area contributed by atoms with Crippen molar-refractivity contribution >= 4 is 72.3 Å². The predicted molar refractivity (Wildman–Crippen MR) is 115 cm³/mol. The van der Waals surface area contributed by atoms with Gasteiger partial charge in [-0.25, -0.2) is 30.9 Å². The number of nitrogens with one attached hydrogen (secondary N) is 1. The van der Waals surface area contributed by atoms with Crippen LogP contribution in [-0.4, -0.2) is 28.0 Å². The van der Waals surface area contributed by atoms with E-state index in [1.165, 1.54) is 18.2 Å². The van der Waals surface area contributed by atoms with Gasteiger partial charge in [-0.2, -0.15) is 4.72 Å². The minimum atomic E-state index is -4.80. The average Bonchev–Trinajstić information content (AvgIpc) is 3.12. The zero-order valence-electron chi connectivity index (χ0n) is 15.0. The average molecular weight is 549 g/mol. The van der Waals surface area contributed by atoms with E-state index >= 15 is 0 Å². The van der Waals surface area contributed by atoms with Crippen LogP contribution in [0.4, 0.5) is 4.39 Å². The molecule has 0 aliphatic rings. The van der Waals surface area contributed by atoms with E-state index in [0.29, 0.717) is 22.2 Å². The van der Waals surface area contributed by atoms with E-state index in [1.54, 1.807) is 0 Å². The molecule has 3 rings (SSSR count). The third-order valence-electron chi connectivity index (χ3n) is 3.75. The van der Waals surface area contributed by atoms with Gasteiger partial charge in [-0.1, -0.05) is 23.2 Å². The second kappa shape index (κ2) is 8.58. The van der Waals surface area contributed by atoms with Crippen LogP contribution in [0.3, 0.4) is 0 Å². The van der Waals surface area contributed by atoms with Crippen molar-refractivity contribution in [2.45, 2.75) is 9.10 Å². The first kappa shape index (κ1) is 24.4. The first-order valence-electron chi connectivity index (χ1n) is 7.91. The Hall–Kier alpha value is -1.28. The molecule has 0 aliphatic heterocycles. The summed E-state index contributed by atoms with van der Waals surface area (Å²) in [6.45, 7) is 0. The van der Waals surface area contributed by atoms with Crippen LogP contribution in [0.15, 0.2) is 45.5 Å². The molecule has 168 valence electrons. The Kier molecular flexibility index (Phi) is 6.74. The van der Waals surface area contributed by atoms with Gasteiger partial charge in [-0.3, -0.25) is 0 Å². The van der Waals surface area contributed by atoms with Crippen molar-refractivity contribution in [1.82, 2.24) is 4.72 Å². The van der Waals surface area contributed by atoms with Gasteiger partial charge in [0.15, 0.2) is 11.6 Å². The number of halogens is 3. The third kappa shape index (κ3) is 5.56. The van der Waals surface area contributed by atoms with E-state index in [1.807, 2.05) is 4.72 Å². The number of hydrogen-bond acceptors (Lipinski definition) is 7. The van der Waals surface area contributed by atoms with Crippen molar-refractivity contribution in [3.63, 3.8) is 0 Å². The Morgan fingerprint density at radius 2 is 1.77 bits per heavy atom. The van der Waals surface area contributed by atoms with Gasteiger partial charge in [0.2, 0.25) is 10.0 Å². The Balaban J connectivity index is 1.82. The standard InChI is InChI=1S/C15H12Cl2FN2O7PS3/c16-10-2-3-11(17)15-9(10)6-14(29-15)31(25,26)20-7-28(21,22)27-13-5-8(30(19,23)24)1-4-12(13)18/h1-6,20H,7H2,(H,21,22)(H2,19,23,24). The monoisotopic (exact) mass is 548 g/mol. The molecule has 3 aromatic rings. The molecule has 9 nitrogen and oxygen atoms in total. The van der Waals surface area contributed by atoms with E-state index in [0.717, 1.165) is 17.4 Å². The molecule has 0 radical (unpaired) electrons. The molecule has 0 spiro atoms. The van der Waals surface area contributed by atoms with Crippen LogP contribution in [0.25, 0.3) is 10.1 Å². The number of sulfonamides is 2. The first-order valence-corrected chi connectivity index (χ1v) is 14.3. The summed E-state index contributed by atoms with van der Waals surface area (Å²) in [5.74, 6) is -2.05. The van der Waals surface area contributed by atoms with Gasteiger partial charge in [0.05, 0.1) is 14.6 Å². The molecule has 31 heavy (non-hydrogen) atoms. The second-order valence-electron chi connectivity index (χ2n) is 6.01. The molecule has 16 heteroatoms. The van der Waals surface area contributed by atoms with Gasteiger partial charge >= 0.3 is 7.60 Å². The number of benzene rings is 2. The number of thiophene rings is 1. The fourth-order valence-electron chi connectivity index (χ4n) is 2.32. The SMILES string of the molecule is NS(=O)(=O)c1ccc(F)c(OP(=O)(O)CNS(=O)(=O)c2cc3c(Cl)ccc(Cl)c3s2)c1. The first-order chi connectivity index (χ1) is 14.2. The Labute approximate surface area is 190 Å². The molecular weight excluding hydrogens is 537 g/mol. The summed E-state index contributed by atoms with van der Waals surface area (Å²) >= 11 is 12.9. The molecule has 1 atom stereocenters. The van der Waals surface area contributed by atoms with Crippen LogP contribution in [0, 0.1) is 5.82 Å². The molecule has 1 unspecified atom stereocenters. The molecule has 0 saturated carbocycles. The van der Waals surface area contributed by atoms with Gasteiger partial charge < -0.3 is 9.42 Å². The lowest BCUT2D eigenvalue weighted by Gasteiger charge is -2.15. The summed E-state index contributed by atoms with van der Waals surface area (Å²) in [5, 5.41) is 5.84. The number of rotatable bonds is 7. The van der Waals surface area contributed by atoms with Gasteiger partial charge in [0.1, 0.15) is 10.5 Å². The highest BCUT2D eigenvalue weighted by molar-refractivity contribution is 7.92. The van der Waals surface area contributed by atoms with E-state index < -0.39 is 50.4 Å². The smallest absolute Gasteiger partial charge is 0.391 e. The Morgan fingerprint density at radius 3 is 2.39 bits per heavy atom. The highest BCUT2D eigenvalue weighted by Crippen LogP contribution is 2.44. The minimum absolute atomic E-state index is 0.236. The van der Waals surface area contributed by atoms with Crippen molar-refractivity contribution in [3.8, 4) is 5.75 Å². The quantitative estimate of drug-likeness (QED) is 0.382. The van der Waals surface area contributed by atoms with Crippen LogP contribution in [0.5, 0.6) is 5.75 Å². The lowest BCUT2D eigenvalue weighted by atomic mass is 10.3. The van der Waals surface area contributed by atoms with Crippen molar-refractivity contribution < 1.29 is 35.2 Å². The minimum Gasteiger partial charge on any atom is -0.420 e. The van der Waals surface area contributed by atoms with Crippen LogP contribution < -0.4 is 14.4 Å². The highest BCUT2D eigenvalue weighted by Gasteiger charge is 2.28. The Morgan fingerprint density at radius 1 is 1.13 bits per heavy atom. The number of primary sulfonamides is 1. The second-order valence-corrected chi connectivity index (χ2v) is 13.2. The zero-order valence-corrected chi connectivity index (χ0v) is 19.8. The fraction of sp³-hybridized carbons (Fsp3) is 0.0667. The van der Waals surface area contributed by atoms with Gasteiger partial charge in [0, 0.05) is 16.5 Å². The topological polar surface area (TPSA) is 153 Å². The maximum absolute atomic E-state index is 13.9. The molecule has 0 bridgehead atoms. The van der Waals surface area contributed by atoms with E-state index in [4.69, 9.17) is 28.3 Å². The van der Waals surface area contributed by atoms with Crippen LogP contribution in [0.1, 0.15) is 0 Å². The Bertz CT molecular complexity index is 1410. The van der Waals surface area contributed by atoms with Crippen molar-refractivity contribution in [1.29, 1.82) is 0 Å². The van der Waals surface area contributed by atoms with Crippen molar-refractivity contribution in [2.24, 2.45) is 5.14 Å². The predicted octanol–water partition coefficient (Wildman–Crippen LogP) is 3.49. The summed E-state index contributed by atoms with van der Waals surface area (Å²) in [4.78, 5) is 9.38. The van der Waals surface area contributed by atoms with Crippen molar-refractivity contribution in [2.75, 3.05) is 6.29 Å². The summed E-state index contributed by atoms with van der Waals surface area (Å²) < 4.78 is 80.6. The summed E-state index contributed by atoms with van der Waals surface area (Å²) in [6, 6.07) is 6.34. The van der Waals surface area contributed by atoms with E-state index in [2.05, 4.69) is 4.52 Å². The number of hydrogen-bond donors (Lipinski definition) is 3. The molecule has 0 saturated heterocycles. The molecule has 0 fully saturated rings. The third-order valence-corrected chi connectivity index (χ3v) is 9.72. The summed E-state index contributed by atoms with van der Waals surface area (Å²) in [7, 11) is -13.3. The normalized spacial score (nSPS) is 14.5. The van der Waals surface area contributed by atoms with Crippen LogP contribution in [-0.2, 0) is 24.6 Å². The molecule has 1 aromatic heterocycles. The largest absolute Gasteiger partial charge is 0.420 e. The van der Waals surface area contributed by atoms with E-state index in [-0.39, 0.29) is 14.3 Å². The highest BCUT2D eigenvalue weighted by atomic mass is 35.5. The van der Waals surface area contributed by atoms with E-state index in [9.17, 15) is 30.7 Å². The maximum Gasteiger partial charge on any atom is 0.391 e. The molecule has 0 amide bonds. The molecule has 4 N–H and O–H groups in total. The molecular formula is C15H12Cl2FN2O7PS3. The lowest BCUT2D eigenvalue weighted by molar-refractivity contribution is 0.367. The maximum atomic E-state index is 13.9. The molecule has 1 heterocycles. The van der Waals surface area contributed by atoms with Gasteiger partial charge in [0.25, 0.3) is 10.0 Å². The lowest BCUT2D eigenvalue weighted by Crippen LogP contribution is -2.25. The van der Waals surface area contributed by atoms with Crippen LogP contribution in [0.2, 0.25) is 10.0 Å².